The van der Waals surface area contributed by atoms with Crippen molar-refractivity contribution in [1.82, 2.24) is 19.9 Å². The predicted molar refractivity (Wildman–Crippen MR) is 220 cm³/mol. The molecule has 306 valence electrons. The molecule has 8 rings (SSSR count). The van der Waals surface area contributed by atoms with E-state index in [0.717, 1.165) is 43.1 Å². The third-order valence-electron chi connectivity index (χ3n) is 12.0. The molecular weight excluding hydrogens is 759 g/mol. The van der Waals surface area contributed by atoms with Crippen molar-refractivity contribution >= 4 is 44.3 Å². The van der Waals surface area contributed by atoms with Crippen LogP contribution in [0, 0.1) is 5.92 Å². The van der Waals surface area contributed by atoms with E-state index in [1.807, 2.05) is 78.9 Å². The summed E-state index contributed by atoms with van der Waals surface area (Å²) in [5.74, 6) is 0.140. The van der Waals surface area contributed by atoms with Gasteiger partial charge >= 0.3 is 0 Å². The first-order valence-electron chi connectivity index (χ1n) is 20.4. The average molecular weight is 810 g/mol. The molecule has 0 spiro atoms. The third kappa shape index (κ3) is 8.43. The Morgan fingerprint density at radius 3 is 2.36 bits per heavy atom. The monoisotopic (exact) mass is 809 g/mol. The quantitative estimate of drug-likeness (QED) is 0.174. The molecular formula is C44H51N5O8S. The molecule has 5 atom stereocenters. The van der Waals surface area contributed by atoms with Crippen LogP contribution in [0.2, 0.25) is 0 Å². The summed E-state index contributed by atoms with van der Waals surface area (Å²) in [6, 6.07) is 22.9. The second-order valence-electron chi connectivity index (χ2n) is 16.0. The largest absolute Gasteiger partial charge is 0.497 e. The minimum absolute atomic E-state index is 0.104. The number of benzene rings is 3. The van der Waals surface area contributed by atoms with E-state index in [1.165, 1.54) is 0 Å². The van der Waals surface area contributed by atoms with Gasteiger partial charge in [0.25, 0.3) is 5.91 Å². The van der Waals surface area contributed by atoms with Gasteiger partial charge in [-0.1, -0.05) is 68.5 Å². The molecule has 13 nitrogen and oxygen atoms in total. The third-order valence-corrected chi connectivity index (χ3v) is 13.8. The topological polar surface area (TPSA) is 165 Å². The van der Waals surface area contributed by atoms with Crippen LogP contribution in [0.3, 0.4) is 0 Å². The Balaban J connectivity index is 1.13. The molecule has 4 fully saturated rings. The summed E-state index contributed by atoms with van der Waals surface area (Å²) in [6.07, 6.45) is 6.53. The molecule has 3 N–H and O–H groups in total. The number of nitrogens with one attached hydrogen (secondary N) is 3. The Morgan fingerprint density at radius 1 is 0.862 bits per heavy atom. The lowest BCUT2D eigenvalue weighted by Gasteiger charge is -2.30. The number of anilines is 1. The Kier molecular flexibility index (Phi) is 11.2. The summed E-state index contributed by atoms with van der Waals surface area (Å²) in [5, 5.41) is 6.61. The van der Waals surface area contributed by atoms with Crippen molar-refractivity contribution < 1.29 is 37.0 Å². The lowest BCUT2D eigenvalue weighted by atomic mass is 10.0. The van der Waals surface area contributed by atoms with Crippen LogP contribution < -0.4 is 29.6 Å². The fraction of sp³-hybridized carbons (Fsp3) is 0.455. The number of hydrogen-bond donors (Lipinski definition) is 3. The number of pyridine rings is 1. The summed E-state index contributed by atoms with van der Waals surface area (Å²) in [5.41, 5.74) is 1.58. The summed E-state index contributed by atoms with van der Waals surface area (Å²) in [7, 11) is -0.666. The van der Waals surface area contributed by atoms with Crippen molar-refractivity contribution in [3.8, 4) is 28.5 Å². The molecule has 3 amide bonds. The van der Waals surface area contributed by atoms with E-state index in [0.29, 0.717) is 66.3 Å². The number of nitrogens with zero attached hydrogens (tertiary/aromatic N) is 2. The number of aromatic nitrogens is 1. The SMILES string of the molecule is COc1cccc(N[C@H]2CCCCCCC[C@@H]3C[C@@]3(C(=O)NS(=O)(=O)C3CC3)NC(=O)[C@@H]3C[C@@H](Oc4cc(-c5ccccc5)nc5cc(OC)ccc45)CN3C2=O)c1. The van der Waals surface area contributed by atoms with Crippen LogP contribution in [0.25, 0.3) is 22.2 Å². The van der Waals surface area contributed by atoms with E-state index in [9.17, 15) is 22.8 Å². The van der Waals surface area contributed by atoms with Crippen molar-refractivity contribution in [3.05, 3.63) is 78.9 Å². The fourth-order valence-corrected chi connectivity index (χ4v) is 9.87. The van der Waals surface area contributed by atoms with E-state index >= 15 is 0 Å². The molecule has 3 heterocycles. The van der Waals surface area contributed by atoms with Crippen LogP contribution in [-0.2, 0) is 24.4 Å². The highest BCUT2D eigenvalue weighted by Gasteiger charge is 2.62. The maximum absolute atomic E-state index is 14.9. The van der Waals surface area contributed by atoms with Crippen LogP contribution in [0.5, 0.6) is 17.2 Å². The van der Waals surface area contributed by atoms with Gasteiger partial charge in [-0.2, -0.15) is 0 Å². The maximum atomic E-state index is 14.9. The van der Waals surface area contributed by atoms with Crippen molar-refractivity contribution in [2.45, 2.75) is 99.6 Å². The molecule has 14 heteroatoms. The van der Waals surface area contributed by atoms with Gasteiger partial charge in [0, 0.05) is 41.3 Å². The molecule has 0 radical (unpaired) electrons. The maximum Gasteiger partial charge on any atom is 0.259 e. The van der Waals surface area contributed by atoms with Crippen LogP contribution in [0.1, 0.15) is 70.6 Å². The smallest absolute Gasteiger partial charge is 0.259 e. The van der Waals surface area contributed by atoms with Crippen molar-refractivity contribution in [2.24, 2.45) is 5.92 Å². The van der Waals surface area contributed by atoms with Crippen LogP contribution in [0.4, 0.5) is 5.69 Å². The molecule has 3 aromatic carbocycles. The number of hydrogen-bond acceptors (Lipinski definition) is 10. The first kappa shape index (κ1) is 39.5. The van der Waals surface area contributed by atoms with Gasteiger partial charge in [-0.05, 0) is 62.3 Å². The zero-order valence-electron chi connectivity index (χ0n) is 32.9. The number of fused-ring (bicyclic) bond motifs is 3. The summed E-state index contributed by atoms with van der Waals surface area (Å²) >= 11 is 0. The van der Waals surface area contributed by atoms with Gasteiger partial charge in [0.1, 0.15) is 41.0 Å². The Morgan fingerprint density at radius 2 is 1.60 bits per heavy atom. The predicted octanol–water partition coefficient (Wildman–Crippen LogP) is 5.98. The molecule has 4 aromatic rings. The molecule has 2 saturated heterocycles. The number of carbonyl (C=O) groups excluding carboxylic acids is 3. The van der Waals surface area contributed by atoms with E-state index < -0.39 is 50.8 Å². The van der Waals surface area contributed by atoms with Crippen LogP contribution >= 0.6 is 0 Å². The zero-order valence-corrected chi connectivity index (χ0v) is 33.8. The highest BCUT2D eigenvalue weighted by Crippen LogP contribution is 2.48. The van der Waals surface area contributed by atoms with Gasteiger partial charge < -0.3 is 29.7 Å². The van der Waals surface area contributed by atoms with Gasteiger partial charge in [0.2, 0.25) is 21.8 Å². The van der Waals surface area contributed by atoms with Crippen molar-refractivity contribution in [2.75, 3.05) is 26.1 Å². The Bertz CT molecular complexity index is 2290. The molecule has 2 saturated carbocycles. The number of sulfonamides is 1. The summed E-state index contributed by atoms with van der Waals surface area (Å²) in [4.78, 5) is 49.9. The number of rotatable bonds is 10. The molecule has 2 aliphatic heterocycles. The number of carbonyl (C=O) groups is 3. The molecule has 58 heavy (non-hydrogen) atoms. The molecule has 0 bridgehead atoms. The lowest BCUT2D eigenvalue weighted by Crippen LogP contribution is -2.57. The molecule has 4 aliphatic rings. The van der Waals surface area contributed by atoms with E-state index in [-0.39, 0.29) is 24.8 Å². The van der Waals surface area contributed by atoms with E-state index in [1.54, 1.807) is 19.1 Å². The van der Waals surface area contributed by atoms with Crippen molar-refractivity contribution in [1.29, 1.82) is 0 Å². The van der Waals surface area contributed by atoms with E-state index in [4.69, 9.17) is 19.2 Å². The number of methoxy groups -OCH3 is 2. The minimum Gasteiger partial charge on any atom is -0.497 e. The van der Waals surface area contributed by atoms with Gasteiger partial charge in [-0.15, -0.1) is 0 Å². The molecule has 0 unspecified atom stereocenters. The minimum atomic E-state index is -3.85. The van der Waals surface area contributed by atoms with Gasteiger partial charge in [-0.3, -0.25) is 19.1 Å². The number of amides is 3. The van der Waals surface area contributed by atoms with Gasteiger partial charge in [-0.25, -0.2) is 13.4 Å². The fourth-order valence-electron chi connectivity index (χ4n) is 8.50. The van der Waals surface area contributed by atoms with Crippen molar-refractivity contribution in [3.63, 3.8) is 0 Å². The first-order valence-corrected chi connectivity index (χ1v) is 21.9. The second kappa shape index (κ2) is 16.5. The van der Waals surface area contributed by atoms with Gasteiger partial charge in [0.05, 0.1) is 37.2 Å². The number of ether oxygens (including phenoxy) is 3. The molecule has 1 aromatic heterocycles. The molecule has 2 aliphatic carbocycles. The zero-order chi connectivity index (χ0) is 40.4. The summed E-state index contributed by atoms with van der Waals surface area (Å²) in [6.45, 7) is 0.104. The first-order chi connectivity index (χ1) is 28.1. The summed E-state index contributed by atoms with van der Waals surface area (Å²) < 4.78 is 46.0. The standard InChI is InChI=1S/C44H51N5O8S/c1-55-31-16-11-15-30(22-31)45-36-17-10-5-3-4-9-14-29-26-44(29,43(52)48-58(53,54)34-19-20-34)47-41(50)39-24-33(27-49(39)42(36)51)57-40-25-37(28-12-7-6-8-13-28)46-38-23-32(56-2)18-21-35(38)40/h6-8,11-13,15-16,18,21-23,25,29,33-34,36,39,45H,3-5,9-10,14,17,19-20,24,26-27H2,1-2H3,(H,47,50)(H,48,52)/t29-,33-,36+,39+,44-/m1/s1. The van der Waals surface area contributed by atoms with E-state index in [2.05, 4.69) is 15.4 Å². The highest BCUT2D eigenvalue weighted by molar-refractivity contribution is 7.91. The van der Waals surface area contributed by atoms with Gasteiger partial charge in [0.15, 0.2) is 0 Å². The lowest BCUT2D eigenvalue weighted by molar-refractivity contribution is -0.140. The Labute approximate surface area is 339 Å². The highest BCUT2D eigenvalue weighted by atomic mass is 32.2. The van der Waals surface area contributed by atoms with Crippen LogP contribution in [0.15, 0.2) is 78.9 Å². The second-order valence-corrected chi connectivity index (χ2v) is 18.0. The normalized spacial score (nSPS) is 25.3. The average Bonchev–Trinajstić information content (AvgIpc) is 4.16. The van der Waals surface area contributed by atoms with Crippen LogP contribution in [-0.4, -0.2) is 85.8 Å². The Hall–Kier alpha value is -5.37.